The summed E-state index contributed by atoms with van der Waals surface area (Å²) in [4.78, 5) is 6.52. The van der Waals surface area contributed by atoms with E-state index in [9.17, 15) is 8.42 Å². The first kappa shape index (κ1) is 19.9. The fourth-order valence-corrected chi connectivity index (χ4v) is 5.79. The molecule has 0 aliphatic carbocycles. The molecule has 0 radical (unpaired) electrons. The Bertz CT molecular complexity index is 1300. The lowest BCUT2D eigenvalue weighted by Crippen LogP contribution is -2.48. The van der Waals surface area contributed by atoms with Crippen molar-refractivity contribution in [2.45, 2.75) is 11.4 Å². The first-order valence-electron chi connectivity index (χ1n) is 10.2. The van der Waals surface area contributed by atoms with Gasteiger partial charge in [-0.05, 0) is 23.8 Å². The lowest BCUT2D eigenvalue weighted by atomic mass is 10.1. The van der Waals surface area contributed by atoms with Crippen molar-refractivity contribution in [1.82, 2.24) is 29.0 Å². The Balaban J connectivity index is 1.31. The number of para-hydroxylation sites is 1. The van der Waals surface area contributed by atoms with E-state index >= 15 is 0 Å². The molecule has 3 aromatic heterocycles. The highest BCUT2D eigenvalue weighted by atomic mass is 32.2. The summed E-state index contributed by atoms with van der Waals surface area (Å²) in [7, 11) is -1.58. The molecule has 0 bridgehead atoms. The van der Waals surface area contributed by atoms with Crippen LogP contribution in [-0.4, -0.2) is 63.6 Å². The fraction of sp³-hybridized carbons (Fsp3) is 0.273. The van der Waals surface area contributed by atoms with Gasteiger partial charge in [-0.15, -0.1) is 0 Å². The van der Waals surface area contributed by atoms with E-state index in [0.29, 0.717) is 31.9 Å². The Hall–Kier alpha value is -3.01. The van der Waals surface area contributed by atoms with Crippen LogP contribution in [0.1, 0.15) is 5.56 Å². The van der Waals surface area contributed by atoms with Gasteiger partial charge in [0.15, 0.2) is 0 Å². The number of aromatic amines is 1. The average Bonchev–Trinajstić information content (AvgIpc) is 3.41. The van der Waals surface area contributed by atoms with E-state index in [1.54, 1.807) is 28.8 Å². The van der Waals surface area contributed by atoms with Crippen molar-refractivity contribution in [3.63, 3.8) is 0 Å². The van der Waals surface area contributed by atoms with Crippen LogP contribution in [-0.2, 0) is 23.6 Å². The Morgan fingerprint density at radius 3 is 2.55 bits per heavy atom. The van der Waals surface area contributed by atoms with Gasteiger partial charge >= 0.3 is 0 Å². The second kappa shape index (κ2) is 7.92. The van der Waals surface area contributed by atoms with Crippen LogP contribution < -0.4 is 0 Å². The highest BCUT2D eigenvalue weighted by Gasteiger charge is 2.32. The van der Waals surface area contributed by atoms with Crippen LogP contribution >= 0.6 is 0 Å². The van der Waals surface area contributed by atoms with Gasteiger partial charge in [0.25, 0.3) is 0 Å². The molecule has 160 valence electrons. The SMILES string of the molecule is Cn1cc(CN2CCN(S(=O)(=O)c3cn[nH]c3-c3ccncc3)CC2)c2ccccc21. The highest BCUT2D eigenvalue weighted by Crippen LogP contribution is 2.28. The van der Waals surface area contributed by atoms with Crippen LogP contribution in [0, 0.1) is 0 Å². The standard InChI is InChI=1S/C22H24N6O2S/c1-26-15-18(19-4-2-3-5-20(19)26)16-27-10-12-28(13-11-27)31(29,30)21-14-24-25-22(21)17-6-8-23-9-7-17/h2-9,14-15H,10-13,16H2,1H3,(H,24,25). The summed E-state index contributed by atoms with van der Waals surface area (Å²) >= 11 is 0. The minimum atomic E-state index is -3.64. The Morgan fingerprint density at radius 2 is 1.77 bits per heavy atom. The number of H-pyrrole nitrogens is 1. The maximum Gasteiger partial charge on any atom is 0.246 e. The minimum Gasteiger partial charge on any atom is -0.350 e. The molecule has 1 aliphatic heterocycles. The number of nitrogens with one attached hydrogen (secondary N) is 1. The maximum absolute atomic E-state index is 13.3. The molecule has 1 aromatic carbocycles. The lowest BCUT2D eigenvalue weighted by molar-refractivity contribution is 0.182. The molecule has 1 N–H and O–H groups in total. The van der Waals surface area contributed by atoms with Crippen molar-refractivity contribution >= 4 is 20.9 Å². The fourth-order valence-electron chi connectivity index (χ4n) is 4.26. The van der Waals surface area contributed by atoms with Crippen LogP contribution in [0.2, 0.25) is 0 Å². The molecule has 1 saturated heterocycles. The molecule has 5 rings (SSSR count). The number of rotatable bonds is 5. The summed E-state index contributed by atoms with van der Waals surface area (Å²) in [5.41, 5.74) is 3.73. The molecule has 0 atom stereocenters. The van der Waals surface area contributed by atoms with Gasteiger partial charge in [-0.25, -0.2) is 8.42 Å². The van der Waals surface area contributed by atoms with Crippen LogP contribution in [0.5, 0.6) is 0 Å². The van der Waals surface area contributed by atoms with Gasteiger partial charge in [-0.2, -0.15) is 9.40 Å². The Labute approximate surface area is 181 Å². The number of hydrogen-bond donors (Lipinski definition) is 1. The van der Waals surface area contributed by atoms with Crippen LogP contribution in [0.15, 0.2) is 66.1 Å². The quantitative estimate of drug-likeness (QED) is 0.519. The number of aryl methyl sites for hydroxylation is 1. The first-order valence-corrected chi connectivity index (χ1v) is 11.7. The molecule has 8 nitrogen and oxygen atoms in total. The predicted molar refractivity (Wildman–Crippen MR) is 119 cm³/mol. The molecule has 1 fully saturated rings. The molecule has 4 heterocycles. The average molecular weight is 437 g/mol. The van der Waals surface area contributed by atoms with E-state index in [0.717, 1.165) is 12.1 Å². The van der Waals surface area contributed by atoms with Gasteiger partial charge in [0.05, 0.1) is 11.9 Å². The third kappa shape index (κ3) is 3.65. The van der Waals surface area contributed by atoms with Crippen molar-refractivity contribution < 1.29 is 8.42 Å². The van der Waals surface area contributed by atoms with E-state index in [1.165, 1.54) is 22.7 Å². The molecule has 1 aliphatic rings. The molecular formula is C22H24N6O2S. The van der Waals surface area contributed by atoms with E-state index < -0.39 is 10.0 Å². The highest BCUT2D eigenvalue weighted by molar-refractivity contribution is 7.89. The van der Waals surface area contributed by atoms with Crippen molar-refractivity contribution in [3.8, 4) is 11.3 Å². The zero-order valence-electron chi connectivity index (χ0n) is 17.3. The van der Waals surface area contributed by atoms with E-state index in [4.69, 9.17) is 0 Å². The predicted octanol–water partition coefficient (Wildman–Crippen LogP) is 2.47. The summed E-state index contributed by atoms with van der Waals surface area (Å²) in [6.07, 6.45) is 6.84. The number of sulfonamides is 1. The second-order valence-corrected chi connectivity index (χ2v) is 9.71. The molecule has 0 spiro atoms. The van der Waals surface area contributed by atoms with E-state index in [1.807, 2.05) is 6.07 Å². The van der Waals surface area contributed by atoms with Crippen molar-refractivity contribution in [1.29, 1.82) is 0 Å². The van der Waals surface area contributed by atoms with Gasteiger partial charge in [0, 0.05) is 74.8 Å². The normalized spacial score (nSPS) is 16.2. The van der Waals surface area contributed by atoms with Crippen molar-refractivity contribution in [2.75, 3.05) is 26.2 Å². The Kier molecular flexibility index (Phi) is 5.09. The molecule has 0 amide bonds. The monoisotopic (exact) mass is 436 g/mol. The molecule has 9 heteroatoms. The lowest BCUT2D eigenvalue weighted by Gasteiger charge is -2.33. The summed E-state index contributed by atoms with van der Waals surface area (Å²) in [6, 6.07) is 11.9. The van der Waals surface area contributed by atoms with E-state index in [2.05, 4.69) is 56.1 Å². The van der Waals surface area contributed by atoms with Gasteiger partial charge in [-0.3, -0.25) is 15.0 Å². The number of hydrogen-bond acceptors (Lipinski definition) is 5. The maximum atomic E-state index is 13.3. The first-order chi connectivity index (χ1) is 15.0. The third-order valence-electron chi connectivity index (χ3n) is 5.90. The molecule has 4 aromatic rings. The Morgan fingerprint density at radius 1 is 1.03 bits per heavy atom. The second-order valence-electron chi connectivity index (χ2n) is 7.81. The summed E-state index contributed by atoms with van der Waals surface area (Å²) in [6.45, 7) is 3.08. The van der Waals surface area contributed by atoms with Crippen molar-refractivity contribution in [2.24, 2.45) is 7.05 Å². The van der Waals surface area contributed by atoms with Gasteiger partial charge in [0.2, 0.25) is 10.0 Å². The largest absolute Gasteiger partial charge is 0.350 e. The summed E-state index contributed by atoms with van der Waals surface area (Å²) < 4.78 is 30.3. The van der Waals surface area contributed by atoms with Crippen LogP contribution in [0.25, 0.3) is 22.2 Å². The molecule has 0 saturated carbocycles. The topological polar surface area (TPSA) is 87.1 Å². The number of nitrogens with zero attached hydrogens (tertiary/aromatic N) is 5. The summed E-state index contributed by atoms with van der Waals surface area (Å²) in [5, 5.41) is 8.08. The molecule has 0 unspecified atom stereocenters. The number of aromatic nitrogens is 4. The van der Waals surface area contributed by atoms with Gasteiger partial charge in [-0.1, -0.05) is 18.2 Å². The number of pyridine rings is 1. The molecular weight excluding hydrogens is 412 g/mol. The smallest absolute Gasteiger partial charge is 0.246 e. The van der Waals surface area contributed by atoms with Crippen LogP contribution in [0.3, 0.4) is 0 Å². The third-order valence-corrected chi connectivity index (χ3v) is 7.81. The van der Waals surface area contributed by atoms with Crippen molar-refractivity contribution in [3.05, 3.63) is 66.7 Å². The minimum absolute atomic E-state index is 0.209. The van der Waals surface area contributed by atoms with Crippen LogP contribution in [0.4, 0.5) is 0 Å². The van der Waals surface area contributed by atoms with Gasteiger partial charge < -0.3 is 4.57 Å². The zero-order chi connectivity index (χ0) is 21.4. The van der Waals surface area contributed by atoms with Gasteiger partial charge in [0.1, 0.15) is 4.90 Å². The summed E-state index contributed by atoms with van der Waals surface area (Å²) in [5.74, 6) is 0. The molecule has 31 heavy (non-hydrogen) atoms. The zero-order valence-corrected chi connectivity index (χ0v) is 18.1. The number of benzene rings is 1. The number of fused-ring (bicyclic) bond motifs is 1. The number of piperazine rings is 1. The van der Waals surface area contributed by atoms with E-state index in [-0.39, 0.29) is 4.90 Å².